The van der Waals surface area contributed by atoms with Crippen LogP contribution in [-0.2, 0) is 14.4 Å². The van der Waals surface area contributed by atoms with Crippen LogP contribution < -0.4 is 5.32 Å². The van der Waals surface area contributed by atoms with E-state index in [1.165, 1.54) is 6.21 Å². The van der Waals surface area contributed by atoms with E-state index < -0.39 is 46.2 Å². The highest BCUT2D eigenvalue weighted by Gasteiger charge is 2.71. The Hall–Kier alpha value is -2.19. The number of rotatable bonds is 3. The molecule has 0 aromatic heterocycles. The smallest absolute Gasteiger partial charge is 0.405 e. The molecule has 0 aromatic rings. The predicted molar refractivity (Wildman–Crippen MR) is 148 cm³/mol. The third kappa shape index (κ3) is 4.17. The number of carbonyl (C=O) groups excluding carboxylic acids is 3. The standard InChI is InChI=1S/C32H45F3N2O4/c1-26(2)11-13-31(25(40)36-18-32(33,34)35)14-12-30(6)24(19(31)16-26)20(38)15-22-27(3)9-8-23(39)28(4,17-37-41)21(27)7-10-29(22,30)5/h15,17,19,21,24,41H,7-14,16,18H2,1-6H3,(H,36,40)/b37-17+/t19-,21?,24-,27-,28-,29+,30+,31-/m0/s1. The number of nitrogens with one attached hydrogen (secondary N) is 1. The van der Waals surface area contributed by atoms with Gasteiger partial charge in [-0.15, -0.1) is 5.16 Å². The van der Waals surface area contributed by atoms with Crippen LogP contribution in [0.2, 0.25) is 0 Å². The summed E-state index contributed by atoms with van der Waals surface area (Å²) in [5.74, 6) is -1.51. The molecule has 0 aliphatic heterocycles. The van der Waals surface area contributed by atoms with Crippen LogP contribution in [0.25, 0.3) is 0 Å². The minimum absolute atomic E-state index is 0.0355. The van der Waals surface area contributed by atoms with Crippen LogP contribution >= 0.6 is 0 Å². The first-order valence-corrected chi connectivity index (χ1v) is 15.1. The molecule has 5 aliphatic rings. The molecule has 1 unspecified atom stereocenters. The zero-order valence-electron chi connectivity index (χ0n) is 25.2. The van der Waals surface area contributed by atoms with E-state index in [1.54, 1.807) is 6.08 Å². The van der Waals surface area contributed by atoms with Crippen molar-refractivity contribution in [2.75, 3.05) is 6.54 Å². The minimum Gasteiger partial charge on any atom is -0.411 e. The number of allylic oxidation sites excluding steroid dienone is 2. The Kier molecular flexibility index (Phi) is 6.76. The lowest BCUT2D eigenvalue weighted by atomic mass is 9.33. The molecule has 9 heteroatoms. The lowest BCUT2D eigenvalue weighted by Crippen LogP contribution is -2.67. The highest BCUT2D eigenvalue weighted by molar-refractivity contribution is 6.01. The Morgan fingerprint density at radius 3 is 2.34 bits per heavy atom. The number of carbonyl (C=O) groups is 3. The zero-order chi connectivity index (χ0) is 30.4. The molecule has 0 radical (unpaired) electrons. The van der Waals surface area contributed by atoms with E-state index in [9.17, 15) is 32.8 Å². The molecule has 0 saturated heterocycles. The normalized spacial score (nSPS) is 45.7. The number of ketones is 2. The summed E-state index contributed by atoms with van der Waals surface area (Å²) >= 11 is 0. The molecule has 41 heavy (non-hydrogen) atoms. The average Bonchev–Trinajstić information content (AvgIpc) is 2.86. The summed E-state index contributed by atoms with van der Waals surface area (Å²) < 4.78 is 39.4. The van der Waals surface area contributed by atoms with Crippen molar-refractivity contribution in [1.82, 2.24) is 5.32 Å². The molecule has 0 aromatic carbocycles. The van der Waals surface area contributed by atoms with Crippen molar-refractivity contribution in [1.29, 1.82) is 0 Å². The summed E-state index contributed by atoms with van der Waals surface area (Å²) in [4.78, 5) is 41.2. The van der Waals surface area contributed by atoms with Crippen LogP contribution in [-0.4, -0.2) is 41.6 Å². The summed E-state index contributed by atoms with van der Waals surface area (Å²) in [5.41, 5.74) is -2.35. The molecule has 8 atom stereocenters. The summed E-state index contributed by atoms with van der Waals surface area (Å²) in [6.07, 6.45) is 3.90. The van der Waals surface area contributed by atoms with E-state index in [2.05, 4.69) is 45.1 Å². The van der Waals surface area contributed by atoms with E-state index in [-0.39, 0.29) is 34.2 Å². The molecule has 5 aliphatic carbocycles. The Balaban J connectivity index is 1.60. The number of nitrogens with zero attached hydrogens (tertiary/aromatic N) is 1. The van der Waals surface area contributed by atoms with E-state index in [0.29, 0.717) is 38.5 Å². The number of alkyl halides is 3. The molecular weight excluding hydrogens is 533 g/mol. The summed E-state index contributed by atoms with van der Waals surface area (Å²) in [6.45, 7) is 11.3. The predicted octanol–water partition coefficient (Wildman–Crippen LogP) is 6.65. The molecule has 4 saturated carbocycles. The van der Waals surface area contributed by atoms with Crippen molar-refractivity contribution < 1.29 is 32.8 Å². The minimum atomic E-state index is -4.50. The van der Waals surface area contributed by atoms with Crippen LogP contribution in [0.3, 0.4) is 0 Å². The van der Waals surface area contributed by atoms with Gasteiger partial charge in [-0.3, -0.25) is 14.4 Å². The summed E-state index contributed by atoms with van der Waals surface area (Å²) in [6, 6.07) is 0. The van der Waals surface area contributed by atoms with Crippen LogP contribution in [0, 0.1) is 50.2 Å². The monoisotopic (exact) mass is 578 g/mol. The Morgan fingerprint density at radius 1 is 1.05 bits per heavy atom. The van der Waals surface area contributed by atoms with Crippen molar-refractivity contribution in [2.24, 2.45) is 55.4 Å². The molecule has 0 heterocycles. The second-order valence-electron chi connectivity index (χ2n) is 15.6. The lowest BCUT2D eigenvalue weighted by Gasteiger charge is -2.69. The van der Waals surface area contributed by atoms with Crippen LogP contribution in [0.1, 0.15) is 99.3 Å². The largest absolute Gasteiger partial charge is 0.411 e. The Bertz CT molecular complexity index is 1230. The van der Waals surface area contributed by atoms with Gasteiger partial charge >= 0.3 is 6.18 Å². The number of oxime groups is 1. The van der Waals surface area contributed by atoms with E-state index in [4.69, 9.17) is 0 Å². The maximum absolute atomic E-state index is 14.4. The number of Topliss-reactive ketones (excluding diaryl/α,β-unsaturated/α-hetero) is 1. The van der Waals surface area contributed by atoms with Gasteiger partial charge in [0.15, 0.2) is 5.78 Å². The molecule has 0 bridgehead atoms. The van der Waals surface area contributed by atoms with Crippen LogP contribution in [0.15, 0.2) is 16.8 Å². The quantitative estimate of drug-likeness (QED) is 0.223. The highest BCUT2D eigenvalue weighted by atomic mass is 19.4. The van der Waals surface area contributed by atoms with Gasteiger partial charge in [-0.2, -0.15) is 13.2 Å². The summed E-state index contributed by atoms with van der Waals surface area (Å²) in [5, 5.41) is 15.0. The molecule has 0 spiro atoms. The molecule has 6 nitrogen and oxygen atoms in total. The first kappa shape index (κ1) is 30.3. The maximum Gasteiger partial charge on any atom is 0.405 e. The third-order valence-corrected chi connectivity index (χ3v) is 13.1. The van der Waals surface area contributed by atoms with Crippen LogP contribution in [0.4, 0.5) is 13.2 Å². The maximum atomic E-state index is 14.4. The van der Waals surface area contributed by atoms with Gasteiger partial charge in [0.05, 0.1) is 17.0 Å². The van der Waals surface area contributed by atoms with Gasteiger partial charge in [-0.25, -0.2) is 0 Å². The fourth-order valence-electron chi connectivity index (χ4n) is 10.6. The Labute approximate surface area is 241 Å². The first-order valence-electron chi connectivity index (χ1n) is 15.1. The molecule has 1 amide bonds. The number of amides is 1. The van der Waals surface area contributed by atoms with Gasteiger partial charge in [0, 0.05) is 12.3 Å². The fourth-order valence-corrected chi connectivity index (χ4v) is 10.6. The second kappa shape index (κ2) is 9.15. The van der Waals surface area contributed by atoms with Gasteiger partial charge in [0.2, 0.25) is 5.91 Å². The molecule has 228 valence electrons. The molecule has 4 fully saturated rings. The number of fused-ring (bicyclic) bond motifs is 7. The van der Waals surface area contributed by atoms with Crippen molar-refractivity contribution in [3.8, 4) is 0 Å². The van der Waals surface area contributed by atoms with Gasteiger partial charge in [-0.1, -0.05) is 40.2 Å². The van der Waals surface area contributed by atoms with E-state index >= 15 is 0 Å². The summed E-state index contributed by atoms with van der Waals surface area (Å²) in [7, 11) is 0. The van der Waals surface area contributed by atoms with Gasteiger partial charge in [0.25, 0.3) is 0 Å². The van der Waals surface area contributed by atoms with E-state index in [1.807, 2.05) is 6.92 Å². The van der Waals surface area contributed by atoms with Gasteiger partial charge < -0.3 is 10.5 Å². The highest BCUT2D eigenvalue weighted by Crippen LogP contribution is 2.74. The van der Waals surface area contributed by atoms with Gasteiger partial charge in [0.1, 0.15) is 12.3 Å². The average molecular weight is 579 g/mol. The first-order chi connectivity index (χ1) is 18.8. The van der Waals surface area contributed by atoms with Crippen molar-refractivity contribution in [3.63, 3.8) is 0 Å². The molecule has 2 N–H and O–H groups in total. The van der Waals surface area contributed by atoms with Crippen molar-refractivity contribution in [2.45, 2.75) is 106 Å². The fraction of sp³-hybridized carbons (Fsp3) is 0.812. The van der Waals surface area contributed by atoms with Crippen LogP contribution in [0.5, 0.6) is 0 Å². The van der Waals surface area contributed by atoms with E-state index in [0.717, 1.165) is 24.8 Å². The second-order valence-corrected chi connectivity index (χ2v) is 15.6. The molecular formula is C32H45F3N2O4. The number of hydrogen-bond acceptors (Lipinski definition) is 5. The SMILES string of the molecule is CC1(C)CC[C@]2(C(=O)NCC(F)(F)F)CC[C@]3(C)[C@H](C(=O)C=C4[C@@]5(C)CCC(=O)[C@@](C)(/C=N/O)C5CC[C@]43C)[C@@H]2C1. The number of hydrogen-bond donors (Lipinski definition) is 2. The Morgan fingerprint density at radius 2 is 1.71 bits per heavy atom. The zero-order valence-corrected chi connectivity index (χ0v) is 25.2. The van der Waals surface area contributed by atoms with Crippen molar-refractivity contribution in [3.05, 3.63) is 11.6 Å². The molecule has 5 rings (SSSR count). The van der Waals surface area contributed by atoms with Crippen molar-refractivity contribution >= 4 is 23.7 Å². The lowest BCUT2D eigenvalue weighted by molar-refractivity contribution is -0.182. The topological polar surface area (TPSA) is 95.8 Å². The third-order valence-electron chi connectivity index (χ3n) is 13.1. The number of halogens is 3. The van der Waals surface area contributed by atoms with Gasteiger partial charge in [-0.05, 0) is 97.9 Å².